The molecule has 2 aliphatic rings. The first-order valence-corrected chi connectivity index (χ1v) is 23.4. The van der Waals surface area contributed by atoms with Crippen molar-refractivity contribution in [2.24, 2.45) is 0 Å². The lowest BCUT2D eigenvalue weighted by Gasteiger charge is -2.48. The van der Waals surface area contributed by atoms with Crippen LogP contribution in [0.5, 0.6) is 0 Å². The number of anilines is 2. The highest BCUT2D eigenvalue weighted by molar-refractivity contribution is 6.05. The molecule has 0 saturated carbocycles. The summed E-state index contributed by atoms with van der Waals surface area (Å²) in [7, 11) is 0. The maximum Gasteiger partial charge on any atom is 0.344 e. The number of fused-ring (bicyclic) bond motifs is 4. The van der Waals surface area contributed by atoms with E-state index in [1.165, 1.54) is 16.8 Å². The van der Waals surface area contributed by atoms with E-state index in [2.05, 4.69) is 136 Å². The van der Waals surface area contributed by atoms with Gasteiger partial charge in [-0.25, -0.2) is 9.59 Å². The van der Waals surface area contributed by atoms with Crippen LogP contribution in [0.1, 0.15) is 91.2 Å². The summed E-state index contributed by atoms with van der Waals surface area (Å²) in [5.41, 5.74) is 12.6. The number of unbranched alkanes of at least 4 members (excludes halogenated alkanes) is 2. The minimum Gasteiger partial charge on any atom is -0.422 e. The van der Waals surface area contributed by atoms with Crippen LogP contribution in [-0.4, -0.2) is 26.2 Å². The highest BCUT2D eigenvalue weighted by Crippen LogP contribution is 2.52. The van der Waals surface area contributed by atoms with E-state index in [0.717, 1.165) is 131 Å². The number of nitrogens with zero attached hydrogens (tertiary/aromatic N) is 2. The summed E-state index contributed by atoms with van der Waals surface area (Å²) in [6.45, 7) is 17.7. The lowest BCUT2D eigenvalue weighted by atomic mass is 9.69. The summed E-state index contributed by atoms with van der Waals surface area (Å²) < 4.78 is 12.4. The van der Waals surface area contributed by atoms with Gasteiger partial charge < -0.3 is 18.6 Å². The molecule has 0 unspecified atom stereocenters. The molecule has 0 amide bonds. The Morgan fingerprint density at radius 3 is 1.80 bits per heavy atom. The summed E-state index contributed by atoms with van der Waals surface area (Å²) in [6, 6.07) is 41.9. The predicted octanol–water partition coefficient (Wildman–Crippen LogP) is 14.3. The van der Waals surface area contributed by atoms with E-state index >= 15 is 0 Å². The zero-order valence-electron chi connectivity index (χ0n) is 38.1. The van der Waals surface area contributed by atoms with Crippen molar-refractivity contribution in [2.45, 2.75) is 90.9 Å². The van der Waals surface area contributed by atoms with Gasteiger partial charge in [-0.05, 0) is 123 Å². The van der Waals surface area contributed by atoms with Crippen molar-refractivity contribution in [3.63, 3.8) is 0 Å². The van der Waals surface area contributed by atoms with E-state index in [0.29, 0.717) is 16.7 Å². The fraction of sp³-hybridized carbons (Fsp3) is 0.310. The van der Waals surface area contributed by atoms with E-state index in [1.54, 1.807) is 0 Å². The molecule has 0 saturated heterocycles. The van der Waals surface area contributed by atoms with Crippen LogP contribution < -0.4 is 21.1 Å². The molecule has 0 atom stereocenters. The molecule has 0 N–H and O–H groups in total. The van der Waals surface area contributed by atoms with Crippen molar-refractivity contribution >= 4 is 44.1 Å². The maximum absolute atomic E-state index is 13.9. The standard InChI is InChI=1S/C58H58N2O4/c1-7-9-28-59(29-10-8-2)43-25-24-41-33-49(55(61)63-51(41)36-43)40-15-11-14-39(32-40)45-17-13-18-46-44(16-12-19-47(45)46)37-20-22-38(23-21-37)48-34-42-35-50-53-52(54(42)64-56(48)62)58(5,6)27-31-60(53)30-26-57(50,3)4/h11-25,32-36H,7-10,26-31H2,1-6H3. The molecule has 2 aliphatic heterocycles. The van der Waals surface area contributed by atoms with E-state index < -0.39 is 0 Å². The second kappa shape index (κ2) is 16.3. The minimum atomic E-state index is -0.339. The van der Waals surface area contributed by atoms with Crippen molar-refractivity contribution in [2.75, 3.05) is 36.0 Å². The van der Waals surface area contributed by atoms with Gasteiger partial charge in [0.15, 0.2) is 0 Å². The molecule has 0 fully saturated rings. The molecule has 6 aromatic carbocycles. The van der Waals surface area contributed by atoms with Crippen LogP contribution in [0.25, 0.3) is 77.2 Å². The molecular formula is C58H58N2O4. The topological polar surface area (TPSA) is 66.9 Å². The van der Waals surface area contributed by atoms with Crippen molar-refractivity contribution in [1.29, 1.82) is 0 Å². The van der Waals surface area contributed by atoms with Gasteiger partial charge in [-0.15, -0.1) is 0 Å². The summed E-state index contributed by atoms with van der Waals surface area (Å²) in [5, 5.41) is 4.13. The first-order chi connectivity index (χ1) is 30.9. The fourth-order valence-electron chi connectivity index (χ4n) is 10.4. The second-order valence-corrected chi connectivity index (χ2v) is 19.5. The molecule has 4 heterocycles. The molecule has 0 radical (unpaired) electrons. The van der Waals surface area contributed by atoms with Gasteiger partial charge in [-0.2, -0.15) is 0 Å². The summed E-state index contributed by atoms with van der Waals surface area (Å²) in [6.07, 6.45) is 6.64. The van der Waals surface area contributed by atoms with Gasteiger partial charge >= 0.3 is 11.3 Å². The quantitative estimate of drug-likeness (QED) is 0.121. The fourth-order valence-corrected chi connectivity index (χ4v) is 10.4. The van der Waals surface area contributed by atoms with E-state index in [4.69, 9.17) is 8.83 Å². The Labute approximate surface area is 376 Å². The number of rotatable bonds is 11. The van der Waals surface area contributed by atoms with Crippen LogP contribution in [0, 0.1) is 0 Å². The van der Waals surface area contributed by atoms with Gasteiger partial charge in [0.05, 0.1) is 11.1 Å². The molecule has 0 aliphatic carbocycles. The third kappa shape index (κ3) is 7.31. The Hall–Kier alpha value is -6.40. The first kappa shape index (κ1) is 41.6. The monoisotopic (exact) mass is 846 g/mol. The maximum atomic E-state index is 13.9. The molecule has 64 heavy (non-hydrogen) atoms. The van der Waals surface area contributed by atoms with Crippen LogP contribution in [0.15, 0.2) is 140 Å². The van der Waals surface area contributed by atoms with Gasteiger partial charge in [-0.1, -0.05) is 133 Å². The molecule has 2 aromatic heterocycles. The van der Waals surface area contributed by atoms with Gasteiger partial charge in [-0.3, -0.25) is 0 Å². The molecule has 6 heteroatoms. The van der Waals surface area contributed by atoms with Crippen LogP contribution in [-0.2, 0) is 10.8 Å². The second-order valence-electron chi connectivity index (χ2n) is 19.5. The van der Waals surface area contributed by atoms with Crippen molar-refractivity contribution < 1.29 is 8.83 Å². The van der Waals surface area contributed by atoms with Gasteiger partial charge in [0.25, 0.3) is 0 Å². The zero-order chi connectivity index (χ0) is 44.3. The number of hydrogen-bond donors (Lipinski definition) is 0. The molecule has 10 rings (SSSR count). The molecular weight excluding hydrogens is 789 g/mol. The third-order valence-corrected chi connectivity index (χ3v) is 14.3. The van der Waals surface area contributed by atoms with E-state index in [1.807, 2.05) is 36.4 Å². The Morgan fingerprint density at radius 2 is 1.12 bits per heavy atom. The number of hydrogen-bond acceptors (Lipinski definition) is 6. The lowest BCUT2D eigenvalue weighted by molar-refractivity contribution is 0.398. The zero-order valence-corrected chi connectivity index (χ0v) is 38.1. The Kier molecular flexibility index (Phi) is 10.6. The minimum absolute atomic E-state index is 0.0320. The Morgan fingerprint density at radius 1 is 0.562 bits per heavy atom. The highest BCUT2D eigenvalue weighted by atomic mass is 16.4. The van der Waals surface area contributed by atoms with Crippen LogP contribution in [0.4, 0.5) is 11.4 Å². The molecule has 324 valence electrons. The summed E-state index contributed by atoms with van der Waals surface area (Å²) >= 11 is 0. The largest absolute Gasteiger partial charge is 0.422 e. The molecule has 0 bridgehead atoms. The van der Waals surface area contributed by atoms with Gasteiger partial charge in [0, 0.05) is 60.0 Å². The Balaban J connectivity index is 0.971. The Bertz CT molecular complexity index is 3200. The van der Waals surface area contributed by atoms with Crippen LogP contribution in [0.2, 0.25) is 0 Å². The average molecular weight is 847 g/mol. The van der Waals surface area contributed by atoms with Crippen molar-refractivity contribution in [3.05, 3.63) is 153 Å². The normalized spacial score (nSPS) is 15.2. The molecule has 6 nitrogen and oxygen atoms in total. The van der Waals surface area contributed by atoms with Crippen LogP contribution >= 0.6 is 0 Å². The van der Waals surface area contributed by atoms with E-state index in [-0.39, 0.29) is 22.1 Å². The number of benzene rings is 6. The summed E-state index contributed by atoms with van der Waals surface area (Å²) in [5.74, 6) is 0. The smallest absolute Gasteiger partial charge is 0.344 e. The van der Waals surface area contributed by atoms with Gasteiger partial charge in [0.1, 0.15) is 11.2 Å². The highest BCUT2D eigenvalue weighted by Gasteiger charge is 2.42. The van der Waals surface area contributed by atoms with Gasteiger partial charge in [0.2, 0.25) is 0 Å². The molecule has 0 spiro atoms. The third-order valence-electron chi connectivity index (χ3n) is 14.3. The summed E-state index contributed by atoms with van der Waals surface area (Å²) in [4.78, 5) is 32.5. The lowest BCUT2D eigenvalue weighted by Crippen LogP contribution is -2.44. The SMILES string of the molecule is CCCCN(CCCC)c1ccc2cc(-c3cccc(-c4cccc5c(-c6ccc(-c7cc8cc9c%10c(c8oc7=O)C(C)(C)CCN%10CCC9(C)C)cc6)cccc45)c3)c(=O)oc2c1. The van der Waals surface area contributed by atoms with Crippen molar-refractivity contribution in [1.82, 2.24) is 0 Å². The first-order valence-electron chi connectivity index (χ1n) is 23.4. The average Bonchev–Trinajstić information content (AvgIpc) is 3.30. The van der Waals surface area contributed by atoms with Crippen LogP contribution in [0.3, 0.4) is 0 Å². The molecule has 8 aromatic rings. The van der Waals surface area contributed by atoms with E-state index in [9.17, 15) is 9.59 Å². The predicted molar refractivity (Wildman–Crippen MR) is 267 cm³/mol. The van der Waals surface area contributed by atoms with Crippen molar-refractivity contribution in [3.8, 4) is 44.5 Å².